The van der Waals surface area contributed by atoms with Crippen LogP contribution in [0.4, 0.5) is 0 Å². The van der Waals surface area contributed by atoms with E-state index in [1.165, 1.54) is 109 Å². The van der Waals surface area contributed by atoms with Crippen molar-refractivity contribution in [1.82, 2.24) is 0 Å². The second-order valence-corrected chi connectivity index (χ2v) is 46.1. The number of rotatable bonds is 41. The second kappa shape index (κ2) is 65.7. The van der Waals surface area contributed by atoms with Crippen molar-refractivity contribution in [2.75, 3.05) is 53.4 Å². The molecule has 0 amide bonds. The summed E-state index contributed by atoms with van der Waals surface area (Å²) in [6.45, 7) is 63.0. The summed E-state index contributed by atoms with van der Waals surface area (Å²) in [4.78, 5) is 105. The standard InChI is InChI=1S/C18H30O3.C17H28O3.2C14H26O3.C12H22O3.C11H20O3.C10H18O3.C10H20O3.C8H16O3/c1-5-18(3,4)17(19)21-11(2)20-16-14-7-12-6-13(9-14)10-15(16)8-12;1-4-17(2,3)16(18)20-10-19-15-13-6-11-5-12(8-13)9-14(15)7-11;1-5-14(3,4)13(15)17-11(2)16-12-9-7-6-8-10-12;1-5-13(3,4)12(15)17-14(16-6-2)10-8-7-9-11-14;1-3-10(2)12(13)15-9-14-11-7-5-4-6-8-11;1-4-11(2,3)10(12)14-9-7-5-6-8-13-9;1-4-10(2,3)9(11)13-8-6-5-7-12-8;1-6-10(4,5)9(11)13-8(3)12-7-2;1-4-7(3)8(9)11-6-10-5-2/h11-16H,5-10H2,1-4H3;11-15H,4-10H2,1-3H3;11-12H,5-10H2,1-4H3;5-11H2,1-4H3;10-11H,3-9H2,1-2H3;9H,4-8H2,1-3H3;8H,4-7H2,1-3H3;8H,6-7H2,1-5H3;7H,4-6H2,1-3H3. The average molecular weight is 2010 g/mol. The predicted molar refractivity (Wildman–Crippen MR) is 548 cm³/mol. The third-order valence-corrected chi connectivity index (χ3v) is 31.7. The molecule has 13 aliphatic rings. The van der Waals surface area contributed by atoms with Crippen LogP contribution in [0.15, 0.2) is 0 Å². The van der Waals surface area contributed by atoms with Crippen LogP contribution in [-0.2, 0) is 128 Å². The fraction of sp³-hybridized carbons (Fsp3) is 0.921. The Kier molecular flexibility index (Phi) is 60.5. The van der Waals surface area contributed by atoms with E-state index in [4.69, 9.17) is 85.3 Å². The van der Waals surface area contributed by atoms with Crippen molar-refractivity contribution >= 4 is 53.7 Å². The second-order valence-electron chi connectivity index (χ2n) is 46.1. The maximum Gasteiger partial charge on any atom is 0.313 e. The summed E-state index contributed by atoms with van der Waals surface area (Å²) in [6.07, 6.45) is 42.0. The van der Waals surface area contributed by atoms with E-state index < -0.39 is 51.7 Å². The lowest BCUT2D eigenvalue weighted by atomic mass is 9.55. The molecule has 2 saturated heterocycles. The van der Waals surface area contributed by atoms with Crippen LogP contribution in [0.25, 0.3) is 0 Å². The van der Waals surface area contributed by atoms with Crippen LogP contribution in [-0.4, -0.2) is 169 Å². The molecule has 0 spiro atoms. The predicted octanol–water partition coefficient (Wildman–Crippen LogP) is 26.6. The molecule has 0 aromatic heterocycles. The number of hydrogen-bond acceptors (Lipinski definition) is 27. The first-order valence-electron chi connectivity index (χ1n) is 55.7. The van der Waals surface area contributed by atoms with E-state index in [-0.39, 0.29) is 115 Å². The summed E-state index contributed by atoms with van der Waals surface area (Å²) >= 11 is 0. The zero-order valence-electron chi connectivity index (χ0n) is 94.7. The fourth-order valence-corrected chi connectivity index (χ4v) is 18.7. The number of hydrogen-bond donors (Lipinski definition) is 0. The Balaban J connectivity index is 0.000000411. The van der Waals surface area contributed by atoms with Crippen LogP contribution in [0.3, 0.4) is 0 Å². The van der Waals surface area contributed by atoms with Gasteiger partial charge in [0.2, 0.25) is 18.4 Å². The molecule has 13 fully saturated rings. The highest BCUT2D eigenvalue weighted by atomic mass is 16.7. The molecular weight excluding hydrogens is 1800 g/mol. The van der Waals surface area contributed by atoms with Gasteiger partial charge in [0, 0.05) is 45.5 Å². The lowest BCUT2D eigenvalue weighted by Gasteiger charge is -2.54. The van der Waals surface area contributed by atoms with Gasteiger partial charge >= 0.3 is 53.7 Å². The third kappa shape index (κ3) is 47.5. The summed E-state index contributed by atoms with van der Waals surface area (Å²) in [5, 5.41) is 0. The first-order chi connectivity index (χ1) is 66.3. The van der Waals surface area contributed by atoms with Crippen molar-refractivity contribution in [2.24, 2.45) is 97.1 Å². The quantitative estimate of drug-likeness (QED) is 0.0237. The molecule has 824 valence electrons. The van der Waals surface area contributed by atoms with Gasteiger partial charge in [-0.2, -0.15) is 0 Å². The van der Waals surface area contributed by atoms with E-state index in [0.29, 0.717) is 63.2 Å². The molecule has 7 atom stereocenters. The summed E-state index contributed by atoms with van der Waals surface area (Å²) in [7, 11) is 0. The monoisotopic (exact) mass is 2010 g/mol. The number of ether oxygens (including phenoxy) is 18. The van der Waals surface area contributed by atoms with Gasteiger partial charge in [0.1, 0.15) is 0 Å². The highest BCUT2D eigenvalue weighted by molar-refractivity contribution is 5.79. The van der Waals surface area contributed by atoms with E-state index in [9.17, 15) is 43.2 Å². The van der Waals surface area contributed by atoms with Crippen LogP contribution in [0.5, 0.6) is 0 Å². The summed E-state index contributed by atoms with van der Waals surface area (Å²) in [5.41, 5.74) is -2.82. The van der Waals surface area contributed by atoms with Crippen LogP contribution in [0.1, 0.15) is 465 Å². The van der Waals surface area contributed by atoms with Gasteiger partial charge in [0.15, 0.2) is 39.2 Å². The van der Waals surface area contributed by atoms with Gasteiger partial charge in [-0.1, -0.05) is 121 Å². The van der Waals surface area contributed by atoms with E-state index >= 15 is 0 Å². The van der Waals surface area contributed by atoms with E-state index in [1.54, 1.807) is 6.92 Å². The van der Waals surface area contributed by atoms with Crippen molar-refractivity contribution in [3.63, 3.8) is 0 Å². The molecule has 0 aromatic carbocycles. The van der Waals surface area contributed by atoms with E-state index in [1.807, 2.05) is 208 Å². The largest absolute Gasteiger partial charge is 0.438 e. The van der Waals surface area contributed by atoms with Gasteiger partial charge in [-0.3, -0.25) is 43.2 Å². The molecule has 11 saturated carbocycles. The minimum atomic E-state index is -0.642. The van der Waals surface area contributed by atoms with Crippen LogP contribution < -0.4 is 0 Å². The van der Waals surface area contributed by atoms with Crippen molar-refractivity contribution in [3.8, 4) is 0 Å². The molecule has 141 heavy (non-hydrogen) atoms. The Bertz CT molecular complexity index is 3440. The van der Waals surface area contributed by atoms with Crippen molar-refractivity contribution < 1.29 is 128 Å². The van der Waals surface area contributed by atoms with Gasteiger partial charge in [-0.25, -0.2) is 0 Å². The molecule has 0 N–H and O–H groups in total. The summed E-state index contributed by atoms with van der Waals surface area (Å²) in [6, 6.07) is 0. The smallest absolute Gasteiger partial charge is 0.313 e. The molecule has 7 unspecified atom stereocenters. The summed E-state index contributed by atoms with van der Waals surface area (Å²) < 4.78 is 97.1. The Hall–Kier alpha value is -5.13. The van der Waals surface area contributed by atoms with Crippen molar-refractivity contribution in [3.05, 3.63) is 0 Å². The number of carbonyl (C=O) groups is 9. The van der Waals surface area contributed by atoms with Crippen molar-refractivity contribution in [2.45, 2.75) is 527 Å². The van der Waals surface area contributed by atoms with E-state index in [0.717, 1.165) is 177 Å². The zero-order valence-corrected chi connectivity index (χ0v) is 94.7. The number of esters is 9. The lowest BCUT2D eigenvalue weighted by Crippen LogP contribution is -2.50. The molecule has 2 aliphatic heterocycles. The van der Waals surface area contributed by atoms with Gasteiger partial charge in [-0.15, -0.1) is 0 Å². The van der Waals surface area contributed by atoms with Crippen LogP contribution >= 0.6 is 0 Å². The minimum Gasteiger partial charge on any atom is -0.438 e. The Labute approximate surface area is 854 Å². The average Bonchev–Trinajstić information content (AvgIpc) is 0.855. The molecule has 0 radical (unpaired) electrons. The Morgan fingerprint density at radius 2 is 0.660 bits per heavy atom. The maximum atomic E-state index is 12.2. The maximum absolute atomic E-state index is 12.2. The molecule has 8 bridgehead atoms. The van der Waals surface area contributed by atoms with Gasteiger partial charge < -0.3 is 85.3 Å². The topological polar surface area (TPSA) is 320 Å². The van der Waals surface area contributed by atoms with Crippen molar-refractivity contribution in [1.29, 1.82) is 0 Å². The zero-order chi connectivity index (χ0) is 106. The molecule has 13 rings (SSSR count). The number of carbonyl (C=O) groups excluding carboxylic acids is 9. The Morgan fingerprint density at radius 1 is 0.319 bits per heavy atom. The van der Waals surface area contributed by atoms with Gasteiger partial charge in [0.25, 0.3) is 0 Å². The fourth-order valence-electron chi connectivity index (χ4n) is 18.7. The molecule has 27 nitrogen and oxygen atoms in total. The molecular formula is C114H206O27. The molecule has 27 heteroatoms. The van der Waals surface area contributed by atoms with Crippen LogP contribution in [0, 0.1) is 97.1 Å². The first kappa shape index (κ1) is 130. The van der Waals surface area contributed by atoms with E-state index in [2.05, 4.69) is 0 Å². The highest BCUT2D eigenvalue weighted by Crippen LogP contribution is 2.56. The van der Waals surface area contributed by atoms with Gasteiger partial charge in [-0.05, 0) is 366 Å². The molecule has 2 heterocycles. The molecule has 11 aliphatic carbocycles. The van der Waals surface area contributed by atoms with Crippen LogP contribution in [0.2, 0.25) is 0 Å². The Morgan fingerprint density at radius 3 is 1.03 bits per heavy atom. The lowest BCUT2D eigenvalue weighted by molar-refractivity contribution is -0.249. The third-order valence-electron chi connectivity index (χ3n) is 31.7. The normalized spacial score (nSPS) is 25.0. The van der Waals surface area contributed by atoms with Gasteiger partial charge in [0.05, 0.1) is 87.4 Å². The highest BCUT2D eigenvalue weighted by Gasteiger charge is 2.52. The molecule has 0 aromatic rings. The summed E-state index contributed by atoms with van der Waals surface area (Å²) in [5.74, 6) is 4.62. The minimum absolute atomic E-state index is 0.0139. The SMILES string of the molecule is CCC(C)(C)C(=O)OC(C)OC1C2CC3CC(C2)CC1C3.CCC(C)(C)C(=O)OC(C)OC1CCCCC1.CCC(C)(C)C(=O)OC1CCCCO1.CCC(C)(C)C(=O)OC1CCCO1.CCC(C)(C)C(=O)OCOC1C2CC3CC(C2)CC1C3.CCC(C)C(=O)OCOC1CCCCC1.CCOC(C)OC(=O)C(C)(C)CC.CCOC1(OC(=O)C(C)(C)CC)CCCCC1.CCOCOC(=O)C(C)CC. The first-order valence-corrected chi connectivity index (χ1v) is 55.7.